The van der Waals surface area contributed by atoms with Gasteiger partial charge in [-0.2, -0.15) is 0 Å². The summed E-state index contributed by atoms with van der Waals surface area (Å²) in [6.07, 6.45) is 0. The predicted molar refractivity (Wildman–Crippen MR) is 54.6 cm³/mol. The lowest BCUT2D eigenvalue weighted by molar-refractivity contribution is -0.131. The van der Waals surface area contributed by atoms with Crippen LogP contribution in [0.15, 0.2) is 4.99 Å². The zero-order valence-corrected chi connectivity index (χ0v) is 8.97. The minimum atomic E-state index is -1.77. The van der Waals surface area contributed by atoms with Crippen LogP contribution in [0.1, 0.15) is 0 Å². The summed E-state index contributed by atoms with van der Waals surface area (Å²) in [5.74, 6) is -4.46. The second-order valence-electron chi connectivity index (χ2n) is 3.43. The molecule has 0 spiro atoms. The van der Waals surface area contributed by atoms with Gasteiger partial charge in [0.15, 0.2) is 5.71 Å². The quantitative estimate of drug-likeness (QED) is 0.360. The summed E-state index contributed by atoms with van der Waals surface area (Å²) in [5.41, 5.74) is -0.816. The molecule has 0 aliphatic carbocycles. The number of aliphatic imine (C=N–C) groups is 1. The third-order valence-corrected chi connectivity index (χ3v) is 2.11. The molecule has 2 aliphatic rings. The number of carbonyl (C=O) groups is 6. The first-order valence-electron chi connectivity index (χ1n) is 4.78. The minimum Gasteiger partial charge on any atom is -0.275 e. The molecule has 2 heterocycles. The number of amides is 8. The average Bonchev–Trinajstić information content (AvgIpc) is 2.25. The lowest BCUT2D eigenvalue weighted by atomic mass is 10.2. The van der Waals surface area contributed by atoms with E-state index in [1.165, 1.54) is 0 Å². The van der Waals surface area contributed by atoms with E-state index >= 15 is 0 Å². The minimum absolute atomic E-state index is 0.816. The summed E-state index contributed by atoms with van der Waals surface area (Å²) in [5, 5.41) is 6.91. The van der Waals surface area contributed by atoms with Crippen molar-refractivity contribution in [2.24, 2.45) is 4.99 Å². The van der Waals surface area contributed by atoms with Gasteiger partial charge in [-0.3, -0.25) is 45.4 Å². The summed E-state index contributed by atoms with van der Waals surface area (Å²) < 4.78 is 0. The fourth-order valence-electron chi connectivity index (χ4n) is 1.33. The first kappa shape index (κ1) is 12.3. The number of imide groups is 4. The van der Waals surface area contributed by atoms with E-state index in [2.05, 4.69) is 4.99 Å². The fraction of sp³-hybridized carbons (Fsp3) is 0.125. The van der Waals surface area contributed by atoms with Crippen molar-refractivity contribution in [3.05, 3.63) is 0 Å². The van der Waals surface area contributed by atoms with Crippen LogP contribution in [0.2, 0.25) is 0 Å². The van der Waals surface area contributed by atoms with E-state index in [1.807, 2.05) is 0 Å². The highest BCUT2D eigenvalue weighted by molar-refractivity contribution is 6.69. The third kappa shape index (κ3) is 2.29. The smallest absolute Gasteiger partial charge is 0.275 e. The van der Waals surface area contributed by atoms with Crippen molar-refractivity contribution in [2.45, 2.75) is 6.04 Å². The highest BCUT2D eigenvalue weighted by Gasteiger charge is 2.37. The molecule has 98 valence electrons. The first-order valence-corrected chi connectivity index (χ1v) is 4.78. The van der Waals surface area contributed by atoms with Crippen LogP contribution in [-0.4, -0.2) is 47.4 Å². The molecule has 0 aromatic heterocycles. The summed E-state index contributed by atoms with van der Waals surface area (Å²) in [7, 11) is 0. The SMILES string of the molecule is O=C1NC(=O)C(=NC2C(=O)NC(=O)NC2=O)C(=O)N1. The lowest BCUT2D eigenvalue weighted by Crippen LogP contribution is -2.60. The number of nitrogens with one attached hydrogen (secondary N) is 4. The highest BCUT2D eigenvalue weighted by Crippen LogP contribution is 2.00. The molecule has 0 aromatic rings. The van der Waals surface area contributed by atoms with Crippen molar-refractivity contribution in [3.63, 3.8) is 0 Å². The van der Waals surface area contributed by atoms with Crippen molar-refractivity contribution in [3.8, 4) is 0 Å². The molecule has 8 amide bonds. The Morgan fingerprint density at radius 3 is 1.58 bits per heavy atom. The number of hydrogen-bond acceptors (Lipinski definition) is 7. The molecular formula is C8H5N5O6. The van der Waals surface area contributed by atoms with Crippen LogP contribution in [0.25, 0.3) is 0 Å². The van der Waals surface area contributed by atoms with Gasteiger partial charge in [0.25, 0.3) is 23.6 Å². The van der Waals surface area contributed by atoms with Gasteiger partial charge >= 0.3 is 12.1 Å². The number of rotatable bonds is 1. The van der Waals surface area contributed by atoms with Crippen molar-refractivity contribution < 1.29 is 28.8 Å². The molecule has 0 bridgehead atoms. The maximum Gasteiger partial charge on any atom is 0.328 e. The number of hydrogen-bond donors (Lipinski definition) is 4. The molecule has 11 heteroatoms. The zero-order chi connectivity index (χ0) is 14.2. The van der Waals surface area contributed by atoms with E-state index in [-0.39, 0.29) is 0 Å². The van der Waals surface area contributed by atoms with Gasteiger partial charge in [-0.15, -0.1) is 0 Å². The predicted octanol–water partition coefficient (Wildman–Crippen LogP) is -3.47. The fourth-order valence-corrected chi connectivity index (χ4v) is 1.33. The van der Waals surface area contributed by atoms with Crippen LogP contribution in [0, 0.1) is 0 Å². The zero-order valence-electron chi connectivity index (χ0n) is 8.97. The van der Waals surface area contributed by atoms with Crippen molar-refractivity contribution in [1.29, 1.82) is 0 Å². The van der Waals surface area contributed by atoms with Gasteiger partial charge in [-0.25, -0.2) is 9.59 Å². The van der Waals surface area contributed by atoms with Crippen LogP contribution >= 0.6 is 0 Å². The van der Waals surface area contributed by atoms with Crippen molar-refractivity contribution in [2.75, 3.05) is 0 Å². The lowest BCUT2D eigenvalue weighted by Gasteiger charge is -2.19. The Morgan fingerprint density at radius 1 is 0.684 bits per heavy atom. The molecule has 0 aromatic carbocycles. The monoisotopic (exact) mass is 267 g/mol. The largest absolute Gasteiger partial charge is 0.328 e. The van der Waals surface area contributed by atoms with E-state index in [4.69, 9.17) is 0 Å². The van der Waals surface area contributed by atoms with Gasteiger partial charge in [0.05, 0.1) is 0 Å². The van der Waals surface area contributed by atoms with Crippen LogP contribution in [0.4, 0.5) is 9.59 Å². The third-order valence-electron chi connectivity index (χ3n) is 2.11. The molecular weight excluding hydrogens is 262 g/mol. The average molecular weight is 267 g/mol. The molecule has 2 fully saturated rings. The first-order chi connectivity index (χ1) is 8.88. The van der Waals surface area contributed by atoms with Gasteiger partial charge in [0.1, 0.15) is 0 Å². The summed E-state index contributed by atoms with van der Waals surface area (Å²) >= 11 is 0. The Kier molecular flexibility index (Phi) is 2.79. The molecule has 0 saturated carbocycles. The molecule has 2 saturated heterocycles. The standard InChI is InChI=1S/C8H5N5O6/c14-3-1(4(15)11-7(18)10-3)9-2-5(16)12-8(19)13-6(2)17/h1H,(H2,10,11,14,15,18)(H2,12,13,16,17,19). The van der Waals surface area contributed by atoms with Crippen LogP contribution in [0.5, 0.6) is 0 Å². The summed E-state index contributed by atoms with van der Waals surface area (Å²) in [6.45, 7) is 0. The molecule has 11 nitrogen and oxygen atoms in total. The van der Waals surface area contributed by atoms with E-state index in [1.54, 1.807) is 21.3 Å². The highest BCUT2D eigenvalue weighted by atomic mass is 16.2. The number of carbonyl (C=O) groups excluding carboxylic acids is 6. The van der Waals surface area contributed by atoms with Gasteiger partial charge in [-0.05, 0) is 0 Å². The van der Waals surface area contributed by atoms with E-state index in [0.717, 1.165) is 0 Å². The molecule has 2 aliphatic heterocycles. The van der Waals surface area contributed by atoms with E-state index < -0.39 is 47.4 Å². The number of nitrogens with zero attached hydrogens (tertiary/aromatic N) is 1. The Hall–Kier alpha value is -3.11. The van der Waals surface area contributed by atoms with Gasteiger partial charge in [-0.1, -0.05) is 0 Å². The number of barbiturate groups is 2. The maximum atomic E-state index is 11.3. The maximum absolute atomic E-state index is 11.3. The molecule has 0 radical (unpaired) electrons. The summed E-state index contributed by atoms with van der Waals surface area (Å²) in [4.78, 5) is 70.2. The van der Waals surface area contributed by atoms with Crippen LogP contribution in [0.3, 0.4) is 0 Å². The van der Waals surface area contributed by atoms with Crippen LogP contribution < -0.4 is 21.3 Å². The van der Waals surface area contributed by atoms with Crippen molar-refractivity contribution in [1.82, 2.24) is 21.3 Å². The molecule has 2 rings (SSSR count). The Labute approximate surface area is 103 Å². The van der Waals surface area contributed by atoms with Gasteiger partial charge in [0.2, 0.25) is 6.04 Å². The number of urea groups is 2. The van der Waals surface area contributed by atoms with Gasteiger partial charge < -0.3 is 0 Å². The second kappa shape index (κ2) is 4.29. The normalized spacial score (nSPS) is 20.5. The Bertz CT molecular complexity index is 536. The van der Waals surface area contributed by atoms with E-state index in [9.17, 15) is 28.8 Å². The van der Waals surface area contributed by atoms with Gasteiger partial charge in [0, 0.05) is 0 Å². The second-order valence-corrected chi connectivity index (χ2v) is 3.43. The molecule has 0 unspecified atom stereocenters. The molecule has 19 heavy (non-hydrogen) atoms. The molecule has 0 atom stereocenters. The topological polar surface area (TPSA) is 163 Å². The Morgan fingerprint density at radius 2 is 1.11 bits per heavy atom. The van der Waals surface area contributed by atoms with E-state index in [0.29, 0.717) is 0 Å². The summed E-state index contributed by atoms with van der Waals surface area (Å²) in [6, 6.07) is -3.83. The van der Waals surface area contributed by atoms with Crippen LogP contribution in [-0.2, 0) is 19.2 Å². The Balaban J connectivity index is 2.29. The van der Waals surface area contributed by atoms with Crippen molar-refractivity contribution >= 4 is 41.4 Å². The molecule has 4 N–H and O–H groups in total.